The van der Waals surface area contributed by atoms with Crippen LogP contribution in [-0.2, 0) is 21.2 Å². The molecule has 176 valence electrons. The molecule has 0 fully saturated rings. The Kier molecular flexibility index (Phi) is 8.23. The van der Waals surface area contributed by atoms with Gasteiger partial charge in [-0.1, -0.05) is 42.7 Å². The van der Waals surface area contributed by atoms with Crippen LogP contribution in [0.4, 0.5) is 0 Å². The van der Waals surface area contributed by atoms with E-state index in [4.69, 9.17) is 16.1 Å². The maximum Gasteiger partial charge on any atom is 0.243 e. The zero-order valence-corrected chi connectivity index (χ0v) is 20.4. The van der Waals surface area contributed by atoms with E-state index in [-0.39, 0.29) is 23.3 Å². The lowest BCUT2D eigenvalue weighted by Crippen LogP contribution is -2.30. The van der Waals surface area contributed by atoms with Crippen LogP contribution >= 0.6 is 11.6 Å². The van der Waals surface area contributed by atoms with Gasteiger partial charge in [0.15, 0.2) is 0 Å². The maximum absolute atomic E-state index is 12.6. The fraction of sp³-hybridized carbons (Fsp3) is 0.348. The zero-order chi connectivity index (χ0) is 24.0. The molecular weight excluding hydrogens is 464 g/mol. The number of rotatable bonds is 10. The minimum atomic E-state index is -3.51. The minimum Gasteiger partial charge on any atom is -0.350 e. The number of halogens is 1. The van der Waals surface area contributed by atoms with E-state index in [2.05, 4.69) is 15.5 Å². The van der Waals surface area contributed by atoms with Crippen molar-refractivity contribution in [2.24, 2.45) is 0 Å². The van der Waals surface area contributed by atoms with Crippen LogP contribution in [0.25, 0.3) is 11.4 Å². The summed E-state index contributed by atoms with van der Waals surface area (Å²) in [6, 6.07) is 13.4. The van der Waals surface area contributed by atoms with Gasteiger partial charge in [0, 0.05) is 36.5 Å². The molecule has 1 aromatic heterocycles. The lowest BCUT2D eigenvalue weighted by molar-refractivity contribution is -0.121. The molecule has 1 atom stereocenters. The standard InChI is InChI=1S/C23H27ClN4O4S/c1-4-28(5-2)33(30,31)20-12-8-17(9-13-20)16(3)25-21(29)14-15-22-26-23(27-32-22)18-6-10-19(24)11-7-18/h6-13,16H,4-5,14-15H2,1-3H3,(H,25,29). The van der Waals surface area contributed by atoms with E-state index in [1.54, 1.807) is 62.4 Å². The number of aryl methyl sites for hydroxylation is 1. The summed E-state index contributed by atoms with van der Waals surface area (Å²) in [4.78, 5) is 16.9. The third-order valence-corrected chi connectivity index (χ3v) is 7.55. The van der Waals surface area contributed by atoms with E-state index in [0.29, 0.717) is 36.2 Å². The van der Waals surface area contributed by atoms with Crippen LogP contribution in [0, 0.1) is 0 Å². The summed E-state index contributed by atoms with van der Waals surface area (Å²) in [7, 11) is -3.51. The summed E-state index contributed by atoms with van der Waals surface area (Å²) >= 11 is 5.89. The topological polar surface area (TPSA) is 105 Å². The van der Waals surface area contributed by atoms with Gasteiger partial charge in [-0.15, -0.1) is 0 Å². The molecule has 1 N–H and O–H groups in total. The van der Waals surface area contributed by atoms with Crippen LogP contribution in [0.1, 0.15) is 44.7 Å². The highest BCUT2D eigenvalue weighted by Gasteiger charge is 2.22. The van der Waals surface area contributed by atoms with Gasteiger partial charge >= 0.3 is 0 Å². The number of hydrogen-bond donors (Lipinski definition) is 1. The molecule has 3 aromatic rings. The number of aromatic nitrogens is 2. The fourth-order valence-electron chi connectivity index (χ4n) is 3.33. The number of amides is 1. The van der Waals surface area contributed by atoms with Gasteiger partial charge in [0.2, 0.25) is 27.6 Å². The van der Waals surface area contributed by atoms with Crippen LogP contribution in [-0.4, -0.2) is 41.9 Å². The Morgan fingerprint density at radius 1 is 1.09 bits per heavy atom. The second-order valence-electron chi connectivity index (χ2n) is 7.47. The molecule has 1 amide bonds. The van der Waals surface area contributed by atoms with Crippen molar-refractivity contribution in [1.29, 1.82) is 0 Å². The molecule has 0 saturated heterocycles. The number of nitrogens with zero attached hydrogens (tertiary/aromatic N) is 3. The smallest absolute Gasteiger partial charge is 0.243 e. The number of hydrogen-bond acceptors (Lipinski definition) is 6. The van der Waals surface area contributed by atoms with Crippen molar-refractivity contribution in [2.75, 3.05) is 13.1 Å². The minimum absolute atomic E-state index is 0.173. The van der Waals surface area contributed by atoms with E-state index in [9.17, 15) is 13.2 Å². The summed E-state index contributed by atoms with van der Waals surface area (Å²) in [6.07, 6.45) is 0.487. The Hall–Kier alpha value is -2.75. The highest BCUT2D eigenvalue weighted by Crippen LogP contribution is 2.21. The van der Waals surface area contributed by atoms with Gasteiger partial charge in [0.25, 0.3) is 0 Å². The average Bonchev–Trinajstić information content (AvgIpc) is 3.28. The molecule has 1 unspecified atom stereocenters. The van der Waals surface area contributed by atoms with E-state index >= 15 is 0 Å². The monoisotopic (exact) mass is 490 g/mol. The fourth-order valence-corrected chi connectivity index (χ4v) is 4.92. The molecule has 0 radical (unpaired) electrons. The first kappa shape index (κ1) is 24.9. The third-order valence-electron chi connectivity index (χ3n) is 5.24. The molecule has 0 aliphatic rings. The summed E-state index contributed by atoms with van der Waals surface area (Å²) in [5, 5.41) is 7.47. The zero-order valence-electron chi connectivity index (χ0n) is 18.8. The van der Waals surface area contributed by atoms with Crippen molar-refractivity contribution >= 4 is 27.5 Å². The quantitative estimate of drug-likeness (QED) is 0.456. The van der Waals surface area contributed by atoms with Crippen molar-refractivity contribution < 1.29 is 17.7 Å². The van der Waals surface area contributed by atoms with Crippen molar-refractivity contribution in [3.63, 3.8) is 0 Å². The summed E-state index contributed by atoms with van der Waals surface area (Å²) in [5.41, 5.74) is 1.59. The lowest BCUT2D eigenvalue weighted by atomic mass is 10.1. The Labute approximate surface area is 199 Å². The first-order chi connectivity index (χ1) is 15.7. The molecule has 8 nitrogen and oxygen atoms in total. The number of benzene rings is 2. The van der Waals surface area contributed by atoms with Crippen molar-refractivity contribution in [3.05, 3.63) is 65.0 Å². The molecule has 33 heavy (non-hydrogen) atoms. The summed E-state index contributed by atoms with van der Waals surface area (Å²) in [6.45, 7) is 6.28. The normalized spacial score (nSPS) is 12.6. The largest absolute Gasteiger partial charge is 0.350 e. The van der Waals surface area contributed by atoms with Crippen LogP contribution in [0.5, 0.6) is 0 Å². The second kappa shape index (κ2) is 10.9. The third kappa shape index (κ3) is 6.19. The van der Waals surface area contributed by atoms with Crippen molar-refractivity contribution in [1.82, 2.24) is 19.8 Å². The highest BCUT2D eigenvalue weighted by molar-refractivity contribution is 7.89. The van der Waals surface area contributed by atoms with Gasteiger partial charge in [0.1, 0.15) is 0 Å². The van der Waals surface area contributed by atoms with Crippen LogP contribution in [0.2, 0.25) is 5.02 Å². The van der Waals surface area contributed by atoms with Gasteiger partial charge in [-0.3, -0.25) is 4.79 Å². The Morgan fingerprint density at radius 3 is 2.33 bits per heavy atom. The summed E-state index contributed by atoms with van der Waals surface area (Å²) in [5.74, 6) is 0.637. The number of sulfonamides is 1. The molecule has 2 aromatic carbocycles. The van der Waals surface area contributed by atoms with E-state index in [0.717, 1.165) is 11.1 Å². The molecule has 0 bridgehead atoms. The summed E-state index contributed by atoms with van der Waals surface area (Å²) < 4.78 is 31.9. The van der Waals surface area contributed by atoms with E-state index in [1.165, 1.54) is 4.31 Å². The van der Waals surface area contributed by atoms with Crippen molar-refractivity contribution in [3.8, 4) is 11.4 Å². The first-order valence-corrected chi connectivity index (χ1v) is 12.5. The molecule has 10 heteroatoms. The SMILES string of the molecule is CCN(CC)S(=O)(=O)c1ccc(C(C)NC(=O)CCc2nc(-c3ccc(Cl)cc3)no2)cc1. The highest BCUT2D eigenvalue weighted by atomic mass is 35.5. The Balaban J connectivity index is 1.55. The number of carbonyl (C=O) groups is 1. The Bertz CT molecular complexity index is 1170. The lowest BCUT2D eigenvalue weighted by Gasteiger charge is -2.19. The van der Waals surface area contributed by atoms with Crippen LogP contribution in [0.15, 0.2) is 57.9 Å². The number of nitrogens with one attached hydrogen (secondary N) is 1. The predicted octanol–water partition coefficient (Wildman–Crippen LogP) is 4.23. The van der Waals surface area contributed by atoms with Crippen LogP contribution < -0.4 is 5.32 Å². The molecule has 0 aliphatic heterocycles. The molecular formula is C23H27ClN4O4S. The second-order valence-corrected chi connectivity index (χ2v) is 9.84. The van der Waals surface area contributed by atoms with Gasteiger partial charge in [-0.25, -0.2) is 8.42 Å². The average molecular weight is 491 g/mol. The van der Waals surface area contributed by atoms with Gasteiger partial charge < -0.3 is 9.84 Å². The van der Waals surface area contributed by atoms with Gasteiger partial charge in [-0.05, 0) is 48.9 Å². The van der Waals surface area contributed by atoms with Gasteiger partial charge in [0.05, 0.1) is 10.9 Å². The number of carbonyl (C=O) groups excluding carboxylic acids is 1. The molecule has 0 spiro atoms. The van der Waals surface area contributed by atoms with Gasteiger partial charge in [-0.2, -0.15) is 9.29 Å². The molecule has 3 rings (SSSR count). The van der Waals surface area contributed by atoms with E-state index in [1.807, 2.05) is 6.92 Å². The molecule has 0 aliphatic carbocycles. The Morgan fingerprint density at radius 2 is 1.73 bits per heavy atom. The molecule has 1 heterocycles. The van der Waals surface area contributed by atoms with E-state index < -0.39 is 10.0 Å². The van der Waals surface area contributed by atoms with Crippen molar-refractivity contribution in [2.45, 2.75) is 44.6 Å². The molecule has 0 saturated carbocycles. The van der Waals surface area contributed by atoms with Crippen LogP contribution in [0.3, 0.4) is 0 Å². The predicted molar refractivity (Wildman–Crippen MR) is 126 cm³/mol. The maximum atomic E-state index is 12.6. The first-order valence-electron chi connectivity index (χ1n) is 10.7.